The third-order valence-electron chi connectivity index (χ3n) is 3.89. The van der Waals surface area contributed by atoms with Crippen molar-refractivity contribution < 1.29 is 23.9 Å². The summed E-state index contributed by atoms with van der Waals surface area (Å²) in [4.78, 5) is 38.5. The number of hydrogen-bond acceptors (Lipinski definition) is 6. The highest BCUT2D eigenvalue weighted by atomic mass is 32.2. The molecule has 0 unspecified atom stereocenters. The van der Waals surface area contributed by atoms with Crippen molar-refractivity contribution in [3.63, 3.8) is 0 Å². The number of likely N-dealkylation sites (N-methyl/N-ethyl adjacent to an activating group) is 1. The van der Waals surface area contributed by atoms with E-state index in [4.69, 9.17) is 9.47 Å². The second-order valence-corrected chi connectivity index (χ2v) is 7.62. The fourth-order valence-corrected chi connectivity index (χ4v) is 3.20. The van der Waals surface area contributed by atoms with E-state index < -0.39 is 23.7 Å². The molecule has 1 N–H and O–H groups in total. The highest BCUT2D eigenvalue weighted by Gasteiger charge is 2.19. The Morgan fingerprint density at radius 1 is 1.10 bits per heavy atom. The van der Waals surface area contributed by atoms with E-state index in [1.165, 1.54) is 30.8 Å². The molecular weight excluding hydrogens is 392 g/mol. The minimum Gasteiger partial charge on any atom is -0.497 e. The molecule has 0 bridgehead atoms. The first-order valence-electron chi connectivity index (χ1n) is 8.95. The number of methoxy groups -OCH3 is 1. The Hall–Kier alpha value is -3.00. The van der Waals surface area contributed by atoms with Crippen LogP contribution in [-0.2, 0) is 19.1 Å². The maximum absolute atomic E-state index is 12.2. The van der Waals surface area contributed by atoms with Gasteiger partial charge in [-0.3, -0.25) is 14.4 Å². The molecule has 2 rings (SSSR count). The molecular formula is C21H24N2O5S. The van der Waals surface area contributed by atoms with Gasteiger partial charge >= 0.3 is 5.97 Å². The number of amides is 2. The Morgan fingerprint density at radius 3 is 2.52 bits per heavy atom. The van der Waals surface area contributed by atoms with Crippen LogP contribution in [0.5, 0.6) is 5.75 Å². The van der Waals surface area contributed by atoms with Crippen LogP contribution in [-0.4, -0.2) is 55.2 Å². The van der Waals surface area contributed by atoms with Gasteiger partial charge in [-0.15, -0.1) is 11.8 Å². The lowest BCUT2D eigenvalue weighted by Crippen LogP contribution is -2.38. The van der Waals surface area contributed by atoms with E-state index >= 15 is 0 Å². The Bertz CT molecular complexity index is 844. The van der Waals surface area contributed by atoms with Gasteiger partial charge in [-0.2, -0.15) is 0 Å². The molecule has 0 aromatic heterocycles. The average Bonchev–Trinajstić information content (AvgIpc) is 2.72. The van der Waals surface area contributed by atoms with Crippen molar-refractivity contribution in [2.45, 2.75) is 17.1 Å². The van der Waals surface area contributed by atoms with Crippen molar-refractivity contribution in [3.8, 4) is 5.75 Å². The summed E-state index contributed by atoms with van der Waals surface area (Å²) in [7, 11) is 3.01. The number of esters is 1. The number of nitrogens with zero attached hydrogens (tertiary/aromatic N) is 1. The lowest BCUT2D eigenvalue weighted by molar-refractivity contribution is -0.151. The molecule has 0 saturated carbocycles. The molecule has 0 heterocycles. The summed E-state index contributed by atoms with van der Waals surface area (Å²) in [5.41, 5.74) is 0.563. The van der Waals surface area contributed by atoms with Crippen LogP contribution in [0, 0.1) is 0 Å². The van der Waals surface area contributed by atoms with E-state index in [0.29, 0.717) is 11.4 Å². The minimum absolute atomic E-state index is 0.165. The SMILES string of the molecule is COc1cccc(NC(=O)CN(C)C(=O)COC(=O)[C@H](C)Sc2ccccc2)c1. The Kier molecular flexibility index (Phi) is 8.54. The Balaban J connectivity index is 1.76. The molecule has 2 aromatic carbocycles. The van der Waals surface area contributed by atoms with E-state index in [1.54, 1.807) is 31.2 Å². The molecule has 0 spiro atoms. The molecule has 154 valence electrons. The second-order valence-electron chi connectivity index (χ2n) is 6.21. The fraction of sp³-hybridized carbons (Fsp3) is 0.286. The van der Waals surface area contributed by atoms with E-state index in [9.17, 15) is 14.4 Å². The van der Waals surface area contributed by atoms with Crippen LogP contribution in [0.3, 0.4) is 0 Å². The van der Waals surface area contributed by atoms with Crippen molar-refractivity contribution in [3.05, 3.63) is 54.6 Å². The fourth-order valence-electron chi connectivity index (χ4n) is 2.32. The smallest absolute Gasteiger partial charge is 0.319 e. The number of carbonyl (C=O) groups excluding carboxylic acids is 3. The van der Waals surface area contributed by atoms with Crippen molar-refractivity contribution >= 4 is 35.2 Å². The monoisotopic (exact) mass is 416 g/mol. The molecule has 29 heavy (non-hydrogen) atoms. The van der Waals surface area contributed by atoms with Crippen molar-refractivity contribution in [1.29, 1.82) is 0 Å². The first-order valence-corrected chi connectivity index (χ1v) is 9.83. The van der Waals surface area contributed by atoms with E-state index in [1.807, 2.05) is 30.3 Å². The molecule has 2 amide bonds. The lowest BCUT2D eigenvalue weighted by atomic mass is 10.3. The van der Waals surface area contributed by atoms with Gasteiger partial charge in [0.15, 0.2) is 6.61 Å². The highest BCUT2D eigenvalue weighted by Crippen LogP contribution is 2.23. The molecule has 0 aliphatic rings. The van der Waals surface area contributed by atoms with E-state index in [2.05, 4.69) is 5.32 Å². The molecule has 0 aliphatic carbocycles. The average molecular weight is 416 g/mol. The van der Waals surface area contributed by atoms with Gasteiger partial charge < -0.3 is 19.7 Å². The van der Waals surface area contributed by atoms with Crippen LogP contribution in [0.25, 0.3) is 0 Å². The third-order valence-corrected chi connectivity index (χ3v) is 4.98. The molecule has 0 saturated heterocycles. The normalized spacial score (nSPS) is 11.3. The zero-order valence-corrected chi connectivity index (χ0v) is 17.4. The first kappa shape index (κ1) is 22.3. The van der Waals surface area contributed by atoms with Gasteiger partial charge in [0.05, 0.1) is 13.7 Å². The summed E-state index contributed by atoms with van der Waals surface area (Å²) in [6.45, 7) is 1.14. The summed E-state index contributed by atoms with van der Waals surface area (Å²) in [6, 6.07) is 16.4. The number of rotatable bonds is 9. The number of benzene rings is 2. The highest BCUT2D eigenvalue weighted by molar-refractivity contribution is 8.00. The number of thioether (sulfide) groups is 1. The van der Waals surface area contributed by atoms with Gasteiger partial charge in [-0.25, -0.2) is 0 Å². The number of nitrogens with one attached hydrogen (secondary N) is 1. The molecule has 0 aliphatic heterocycles. The largest absolute Gasteiger partial charge is 0.497 e. The maximum atomic E-state index is 12.2. The van der Waals surface area contributed by atoms with Gasteiger partial charge in [0, 0.05) is 23.7 Å². The molecule has 1 atom stereocenters. The topological polar surface area (TPSA) is 84.9 Å². The van der Waals surface area contributed by atoms with Crippen LogP contribution in [0.4, 0.5) is 5.69 Å². The molecule has 0 fully saturated rings. The van der Waals surface area contributed by atoms with Crippen LogP contribution in [0.15, 0.2) is 59.5 Å². The summed E-state index contributed by atoms with van der Waals surface area (Å²) in [6.07, 6.45) is 0. The summed E-state index contributed by atoms with van der Waals surface area (Å²) < 4.78 is 10.2. The van der Waals surface area contributed by atoms with Gasteiger partial charge in [0.2, 0.25) is 5.91 Å². The van der Waals surface area contributed by atoms with Crippen molar-refractivity contribution in [2.24, 2.45) is 0 Å². The molecule has 0 radical (unpaired) electrons. The van der Waals surface area contributed by atoms with Gasteiger partial charge in [0.25, 0.3) is 5.91 Å². The summed E-state index contributed by atoms with van der Waals surface area (Å²) >= 11 is 1.35. The molecule has 8 heteroatoms. The predicted octanol–water partition coefficient (Wildman–Crippen LogP) is 2.82. The third kappa shape index (κ3) is 7.50. The quantitative estimate of drug-likeness (QED) is 0.500. The summed E-state index contributed by atoms with van der Waals surface area (Å²) in [5, 5.41) is 2.24. The maximum Gasteiger partial charge on any atom is 0.319 e. The van der Waals surface area contributed by atoms with Crippen molar-refractivity contribution in [2.75, 3.05) is 32.6 Å². The van der Waals surface area contributed by atoms with Crippen LogP contribution >= 0.6 is 11.8 Å². The van der Waals surface area contributed by atoms with Gasteiger partial charge in [0.1, 0.15) is 11.0 Å². The van der Waals surface area contributed by atoms with Gasteiger partial charge in [-0.1, -0.05) is 24.3 Å². The van der Waals surface area contributed by atoms with Crippen LogP contribution in [0.1, 0.15) is 6.92 Å². The zero-order valence-electron chi connectivity index (χ0n) is 16.6. The minimum atomic E-state index is -0.485. The van der Waals surface area contributed by atoms with Crippen LogP contribution < -0.4 is 10.1 Å². The summed E-state index contributed by atoms with van der Waals surface area (Å²) in [5.74, 6) is -0.701. The number of anilines is 1. The van der Waals surface area contributed by atoms with Crippen molar-refractivity contribution in [1.82, 2.24) is 4.90 Å². The van der Waals surface area contributed by atoms with E-state index in [0.717, 1.165) is 4.90 Å². The van der Waals surface area contributed by atoms with Gasteiger partial charge in [-0.05, 0) is 31.2 Å². The standard InChI is InChI=1S/C21H24N2O5S/c1-15(29-18-10-5-4-6-11-18)21(26)28-14-20(25)23(2)13-19(24)22-16-8-7-9-17(12-16)27-3/h4-12,15H,13-14H2,1-3H3,(H,22,24)/t15-/m0/s1. The molecule has 2 aromatic rings. The predicted molar refractivity (Wildman–Crippen MR) is 112 cm³/mol. The first-order chi connectivity index (χ1) is 13.9. The second kappa shape index (κ2) is 11.1. The van der Waals surface area contributed by atoms with Crippen LogP contribution in [0.2, 0.25) is 0 Å². The molecule has 7 nitrogen and oxygen atoms in total. The zero-order chi connectivity index (χ0) is 21.2. The number of carbonyl (C=O) groups is 3. The lowest BCUT2D eigenvalue weighted by Gasteiger charge is -2.18. The Labute approximate surface area is 174 Å². The number of ether oxygens (including phenoxy) is 2. The number of hydrogen-bond donors (Lipinski definition) is 1. The Morgan fingerprint density at radius 2 is 1.83 bits per heavy atom. The van der Waals surface area contributed by atoms with E-state index in [-0.39, 0.29) is 12.5 Å².